The van der Waals surface area contributed by atoms with E-state index in [0.717, 1.165) is 23.0 Å². The van der Waals surface area contributed by atoms with Crippen molar-refractivity contribution in [1.82, 2.24) is 15.3 Å². The van der Waals surface area contributed by atoms with Gasteiger partial charge in [-0.25, -0.2) is 14.4 Å². The van der Waals surface area contributed by atoms with E-state index in [1.54, 1.807) is 31.2 Å². The monoisotopic (exact) mass is 559 g/mol. The number of nitrogens with one attached hydrogen (secondary N) is 2. The lowest BCUT2D eigenvalue weighted by atomic mass is 10.1. The van der Waals surface area contributed by atoms with E-state index in [4.69, 9.17) is 25.9 Å². The number of fused-ring (bicyclic) bond motifs is 1. The van der Waals surface area contributed by atoms with Crippen LogP contribution < -0.4 is 15.4 Å². The van der Waals surface area contributed by atoms with Crippen molar-refractivity contribution in [2.24, 2.45) is 5.16 Å². The molecule has 3 aromatic carbocycles. The van der Waals surface area contributed by atoms with Gasteiger partial charge < -0.3 is 24.9 Å². The first-order valence-corrected chi connectivity index (χ1v) is 13.1. The third kappa shape index (κ3) is 7.04. The van der Waals surface area contributed by atoms with Crippen molar-refractivity contribution in [2.45, 2.75) is 19.6 Å². The Bertz CT molecular complexity index is 1580. The topological polar surface area (TPSA) is 89.9 Å². The molecule has 1 aromatic heterocycles. The molecule has 0 radical (unpaired) electrons. The Balaban J connectivity index is 1.33. The number of hydrogen-bond acceptors (Lipinski definition) is 8. The van der Waals surface area contributed by atoms with Gasteiger partial charge in [-0.1, -0.05) is 34.8 Å². The lowest BCUT2D eigenvalue weighted by Crippen LogP contribution is -2.43. The number of ether oxygens (including phenoxy) is 2. The number of nitrogens with zero attached hydrogens (tertiary/aromatic N) is 3. The summed E-state index contributed by atoms with van der Waals surface area (Å²) in [7, 11) is 0. The lowest BCUT2D eigenvalue weighted by molar-refractivity contribution is 0.0312. The van der Waals surface area contributed by atoms with Crippen LogP contribution in [0.15, 0.2) is 72.1 Å². The summed E-state index contributed by atoms with van der Waals surface area (Å²) in [5, 5.41) is 12.1. The second kappa shape index (κ2) is 13.2. The standard InChI is InChI=1S/C30H27ClFN5O3/c1-2-4-27(37-40-18-24-17-38-12-11-33-24)21-7-9-28-25(14-21)30(35-19-34-28)36-23-8-10-29(26(31)15-23)39-16-20-5-3-6-22(32)13-20/h3,5-10,13-15,19,24,33H,11-12,16-18H2,1H3,(H,34,35,36)/b37-27+. The van der Waals surface area contributed by atoms with Crippen LogP contribution in [0.25, 0.3) is 10.9 Å². The highest BCUT2D eigenvalue weighted by atomic mass is 35.5. The largest absolute Gasteiger partial charge is 0.487 e. The summed E-state index contributed by atoms with van der Waals surface area (Å²) < 4.78 is 24.7. The summed E-state index contributed by atoms with van der Waals surface area (Å²) in [4.78, 5) is 14.4. The minimum Gasteiger partial charge on any atom is -0.487 e. The Morgan fingerprint density at radius 2 is 2.12 bits per heavy atom. The Hall–Kier alpha value is -4.23. The van der Waals surface area contributed by atoms with Crippen LogP contribution in [0.4, 0.5) is 15.9 Å². The molecule has 204 valence electrons. The summed E-state index contributed by atoms with van der Waals surface area (Å²) in [5.74, 6) is 6.68. The van der Waals surface area contributed by atoms with E-state index in [-0.39, 0.29) is 18.5 Å². The predicted molar refractivity (Wildman–Crippen MR) is 154 cm³/mol. The Morgan fingerprint density at radius 3 is 2.92 bits per heavy atom. The van der Waals surface area contributed by atoms with Crippen LogP contribution in [-0.2, 0) is 16.2 Å². The van der Waals surface area contributed by atoms with Gasteiger partial charge in [0.15, 0.2) is 5.71 Å². The van der Waals surface area contributed by atoms with Crippen molar-refractivity contribution in [3.63, 3.8) is 0 Å². The molecule has 1 fully saturated rings. The highest BCUT2D eigenvalue weighted by Crippen LogP contribution is 2.31. The first kappa shape index (κ1) is 27.3. The number of anilines is 2. The number of oxime groups is 1. The molecule has 1 atom stereocenters. The second-order valence-electron chi connectivity index (χ2n) is 8.98. The number of aromatic nitrogens is 2. The Kier molecular flexibility index (Phi) is 9.04. The molecule has 0 saturated carbocycles. The van der Waals surface area contributed by atoms with Gasteiger partial charge in [-0.05, 0) is 66.9 Å². The maximum Gasteiger partial charge on any atom is 0.159 e. The molecule has 2 N–H and O–H groups in total. The maximum absolute atomic E-state index is 13.4. The number of morpholine rings is 1. The van der Waals surface area contributed by atoms with Gasteiger partial charge in [0.25, 0.3) is 0 Å². The van der Waals surface area contributed by atoms with Gasteiger partial charge >= 0.3 is 0 Å². The summed E-state index contributed by atoms with van der Waals surface area (Å²) in [5.41, 5.74) is 3.43. The summed E-state index contributed by atoms with van der Waals surface area (Å²) in [6.45, 7) is 4.39. The van der Waals surface area contributed by atoms with Crippen molar-refractivity contribution in [2.75, 3.05) is 31.7 Å². The van der Waals surface area contributed by atoms with E-state index in [0.29, 0.717) is 53.4 Å². The molecule has 1 aliphatic heterocycles. The van der Waals surface area contributed by atoms with E-state index in [9.17, 15) is 4.39 Å². The first-order chi connectivity index (χ1) is 19.6. The summed E-state index contributed by atoms with van der Waals surface area (Å²) >= 11 is 6.49. The normalized spacial score (nSPS) is 15.3. The third-order valence-corrected chi connectivity index (χ3v) is 6.36. The van der Waals surface area contributed by atoms with Crippen molar-refractivity contribution in [3.8, 4) is 17.6 Å². The van der Waals surface area contributed by atoms with E-state index in [1.807, 2.05) is 24.3 Å². The van der Waals surface area contributed by atoms with Crippen molar-refractivity contribution in [1.29, 1.82) is 0 Å². The lowest BCUT2D eigenvalue weighted by Gasteiger charge is -2.22. The van der Waals surface area contributed by atoms with Crippen LogP contribution in [0.5, 0.6) is 5.75 Å². The highest BCUT2D eigenvalue weighted by Gasteiger charge is 2.14. The van der Waals surface area contributed by atoms with Gasteiger partial charge in [-0.2, -0.15) is 0 Å². The van der Waals surface area contributed by atoms with Gasteiger partial charge in [0, 0.05) is 23.2 Å². The van der Waals surface area contributed by atoms with Crippen LogP contribution in [0.1, 0.15) is 18.1 Å². The average molecular weight is 560 g/mol. The zero-order valence-electron chi connectivity index (χ0n) is 21.8. The number of rotatable bonds is 9. The molecule has 1 unspecified atom stereocenters. The fourth-order valence-electron chi connectivity index (χ4n) is 4.11. The van der Waals surface area contributed by atoms with Gasteiger partial charge in [-0.15, -0.1) is 0 Å². The third-order valence-electron chi connectivity index (χ3n) is 6.06. The van der Waals surface area contributed by atoms with Crippen LogP contribution in [0, 0.1) is 17.7 Å². The van der Waals surface area contributed by atoms with Crippen LogP contribution >= 0.6 is 11.6 Å². The van der Waals surface area contributed by atoms with Gasteiger partial charge in [0.1, 0.15) is 36.9 Å². The molecule has 2 heterocycles. The number of halogens is 2. The minimum atomic E-state index is -0.313. The van der Waals surface area contributed by atoms with E-state index in [1.165, 1.54) is 18.5 Å². The van der Waals surface area contributed by atoms with E-state index < -0.39 is 0 Å². The van der Waals surface area contributed by atoms with Gasteiger partial charge in [-0.3, -0.25) is 0 Å². The fourth-order valence-corrected chi connectivity index (χ4v) is 4.34. The van der Waals surface area contributed by atoms with E-state index >= 15 is 0 Å². The first-order valence-electron chi connectivity index (χ1n) is 12.7. The fraction of sp³-hybridized carbons (Fsp3) is 0.233. The molecule has 4 aromatic rings. The van der Waals surface area contributed by atoms with Crippen LogP contribution in [0.2, 0.25) is 5.02 Å². The quantitative estimate of drug-likeness (QED) is 0.159. The van der Waals surface area contributed by atoms with Crippen molar-refractivity contribution < 1.29 is 18.7 Å². The SMILES string of the molecule is CC#C/C(=N\OCC1COCCN1)c1ccc2ncnc(Nc3ccc(OCc4cccc(F)c4)c(Cl)c3)c2c1. The molecule has 5 rings (SSSR count). The summed E-state index contributed by atoms with van der Waals surface area (Å²) in [6, 6.07) is 17.4. The van der Waals surface area contributed by atoms with Crippen molar-refractivity contribution >= 4 is 39.7 Å². The zero-order valence-corrected chi connectivity index (χ0v) is 22.5. The molecular weight excluding hydrogens is 533 g/mol. The molecule has 0 amide bonds. The molecular formula is C30H27ClFN5O3. The van der Waals surface area contributed by atoms with E-state index in [2.05, 4.69) is 37.6 Å². The smallest absolute Gasteiger partial charge is 0.159 e. The predicted octanol–water partition coefficient (Wildman–Crippen LogP) is 5.48. The molecule has 0 aliphatic carbocycles. The van der Waals surface area contributed by atoms with Gasteiger partial charge in [0.2, 0.25) is 0 Å². The molecule has 8 nitrogen and oxygen atoms in total. The number of hydrogen-bond donors (Lipinski definition) is 2. The molecule has 40 heavy (non-hydrogen) atoms. The van der Waals surface area contributed by atoms with Crippen molar-refractivity contribution in [3.05, 3.63) is 89.0 Å². The van der Waals surface area contributed by atoms with Crippen LogP contribution in [-0.4, -0.2) is 48.1 Å². The molecule has 1 aliphatic rings. The Labute approximate surface area is 236 Å². The highest BCUT2D eigenvalue weighted by molar-refractivity contribution is 6.32. The number of benzene rings is 3. The molecule has 10 heteroatoms. The average Bonchev–Trinajstić information content (AvgIpc) is 2.97. The molecule has 0 spiro atoms. The second-order valence-corrected chi connectivity index (χ2v) is 9.39. The Morgan fingerprint density at radius 1 is 1.20 bits per heavy atom. The molecule has 0 bridgehead atoms. The van der Waals surface area contributed by atoms with Gasteiger partial charge in [0.05, 0.1) is 29.8 Å². The minimum absolute atomic E-state index is 0.0825. The molecule has 1 saturated heterocycles. The van der Waals surface area contributed by atoms with Crippen LogP contribution in [0.3, 0.4) is 0 Å². The maximum atomic E-state index is 13.4. The summed E-state index contributed by atoms with van der Waals surface area (Å²) in [6.07, 6.45) is 1.49. The zero-order chi connectivity index (χ0) is 27.7.